The van der Waals surface area contributed by atoms with Crippen LogP contribution in [0.5, 0.6) is 0 Å². The summed E-state index contributed by atoms with van der Waals surface area (Å²) in [5.41, 5.74) is 2.79. The second kappa shape index (κ2) is 4.34. The summed E-state index contributed by atoms with van der Waals surface area (Å²) in [6.07, 6.45) is 3.43. The molecule has 1 aliphatic carbocycles. The number of amides is 1. The lowest BCUT2D eigenvalue weighted by molar-refractivity contribution is -0.110. The molecule has 3 rings (SSSR count). The van der Waals surface area contributed by atoms with Crippen LogP contribution in [-0.4, -0.2) is 34.6 Å². The van der Waals surface area contributed by atoms with E-state index in [4.69, 9.17) is 0 Å². The zero-order valence-corrected chi connectivity index (χ0v) is 11.6. The van der Waals surface area contributed by atoms with Gasteiger partial charge in [0.1, 0.15) is 5.60 Å². The van der Waals surface area contributed by atoms with Gasteiger partial charge in [0, 0.05) is 5.56 Å². The van der Waals surface area contributed by atoms with E-state index in [0.717, 1.165) is 18.4 Å². The number of β-amino-alcohol motifs (C(OH)–C–C–N with tert-alkyl or cyclic N) is 1. The Hall–Kier alpha value is -1.35. The summed E-state index contributed by atoms with van der Waals surface area (Å²) in [5.74, 6) is 0.247. The maximum atomic E-state index is 12.4. The third-order valence-corrected chi connectivity index (χ3v) is 4.64. The topological polar surface area (TPSA) is 40.5 Å². The van der Waals surface area contributed by atoms with Gasteiger partial charge in [-0.25, -0.2) is 0 Å². The lowest BCUT2D eigenvalue weighted by Gasteiger charge is -2.49. The van der Waals surface area contributed by atoms with Gasteiger partial charge in [-0.1, -0.05) is 19.9 Å². The predicted molar refractivity (Wildman–Crippen MR) is 74.2 cm³/mol. The molecule has 1 amide bonds. The van der Waals surface area contributed by atoms with Crippen molar-refractivity contribution in [3.63, 3.8) is 0 Å². The number of likely N-dealkylation sites (tertiary alicyclic amines) is 1. The predicted octanol–water partition coefficient (Wildman–Crippen LogP) is 2.02. The van der Waals surface area contributed by atoms with E-state index in [2.05, 4.69) is 6.07 Å². The van der Waals surface area contributed by atoms with E-state index in [1.165, 1.54) is 17.5 Å². The van der Waals surface area contributed by atoms with Gasteiger partial charge >= 0.3 is 0 Å². The maximum Gasteiger partial charge on any atom is 0.254 e. The molecule has 0 radical (unpaired) electrons. The van der Waals surface area contributed by atoms with E-state index in [1.54, 1.807) is 4.90 Å². The van der Waals surface area contributed by atoms with Crippen LogP contribution in [0.15, 0.2) is 18.2 Å². The van der Waals surface area contributed by atoms with Crippen molar-refractivity contribution >= 4 is 5.91 Å². The van der Waals surface area contributed by atoms with Gasteiger partial charge in [0.15, 0.2) is 0 Å². The lowest BCUT2D eigenvalue weighted by Crippen LogP contribution is -2.65. The van der Waals surface area contributed by atoms with Crippen molar-refractivity contribution in [1.29, 1.82) is 0 Å². The number of hydrogen-bond donors (Lipinski definition) is 1. The van der Waals surface area contributed by atoms with Gasteiger partial charge in [0.2, 0.25) is 0 Å². The van der Waals surface area contributed by atoms with Crippen molar-refractivity contribution in [2.24, 2.45) is 5.92 Å². The quantitative estimate of drug-likeness (QED) is 0.882. The fourth-order valence-electron chi connectivity index (χ4n) is 3.01. The SMILES string of the molecule is CC(C)C1(O)CN(C(=O)c2ccc3c(c2)CCC3)C1. The highest BCUT2D eigenvalue weighted by Crippen LogP contribution is 2.30. The van der Waals surface area contributed by atoms with Crippen LogP contribution in [-0.2, 0) is 12.8 Å². The van der Waals surface area contributed by atoms with Crippen molar-refractivity contribution in [2.75, 3.05) is 13.1 Å². The monoisotopic (exact) mass is 259 g/mol. The van der Waals surface area contributed by atoms with Crippen LogP contribution in [0.3, 0.4) is 0 Å². The fraction of sp³-hybridized carbons (Fsp3) is 0.562. The standard InChI is InChI=1S/C16H21NO2/c1-11(2)16(19)9-17(10-16)15(18)14-7-6-12-4-3-5-13(12)8-14/h6-8,11,19H,3-5,9-10H2,1-2H3. The summed E-state index contributed by atoms with van der Waals surface area (Å²) >= 11 is 0. The number of nitrogens with zero attached hydrogens (tertiary/aromatic N) is 1. The molecule has 0 unspecified atom stereocenters. The molecule has 1 saturated heterocycles. The molecule has 1 aromatic carbocycles. The highest BCUT2D eigenvalue weighted by molar-refractivity contribution is 5.95. The molecule has 0 atom stereocenters. The number of hydrogen-bond acceptors (Lipinski definition) is 2. The highest BCUT2D eigenvalue weighted by Gasteiger charge is 2.45. The molecule has 1 aliphatic heterocycles. The molecule has 0 aromatic heterocycles. The summed E-state index contributed by atoms with van der Waals surface area (Å²) in [5, 5.41) is 10.2. The first kappa shape index (κ1) is 12.7. The molecule has 0 spiro atoms. The van der Waals surface area contributed by atoms with E-state index >= 15 is 0 Å². The molecule has 3 heteroatoms. The first-order chi connectivity index (χ1) is 8.99. The summed E-state index contributed by atoms with van der Waals surface area (Å²) in [6, 6.07) is 6.06. The summed E-state index contributed by atoms with van der Waals surface area (Å²) in [7, 11) is 0. The van der Waals surface area contributed by atoms with Gasteiger partial charge in [-0.3, -0.25) is 4.79 Å². The Labute approximate surface area is 114 Å². The van der Waals surface area contributed by atoms with E-state index < -0.39 is 5.60 Å². The molecule has 2 aliphatic rings. The van der Waals surface area contributed by atoms with Crippen molar-refractivity contribution < 1.29 is 9.90 Å². The van der Waals surface area contributed by atoms with Crippen LogP contribution in [0.4, 0.5) is 0 Å². The Morgan fingerprint density at radius 3 is 2.63 bits per heavy atom. The summed E-state index contributed by atoms with van der Waals surface area (Å²) < 4.78 is 0. The smallest absolute Gasteiger partial charge is 0.254 e. The molecule has 102 valence electrons. The number of rotatable bonds is 2. The van der Waals surface area contributed by atoms with Crippen molar-refractivity contribution in [3.05, 3.63) is 34.9 Å². The first-order valence-corrected chi connectivity index (χ1v) is 7.13. The number of aryl methyl sites for hydroxylation is 2. The van der Waals surface area contributed by atoms with Crippen LogP contribution in [0, 0.1) is 5.92 Å². The van der Waals surface area contributed by atoms with Crippen molar-refractivity contribution in [3.8, 4) is 0 Å². The Morgan fingerprint density at radius 1 is 1.26 bits per heavy atom. The largest absolute Gasteiger partial charge is 0.386 e. The molecule has 0 saturated carbocycles. The molecule has 1 aromatic rings. The van der Waals surface area contributed by atoms with Crippen LogP contribution >= 0.6 is 0 Å². The van der Waals surface area contributed by atoms with Gasteiger partial charge in [-0.2, -0.15) is 0 Å². The second-order valence-electron chi connectivity index (χ2n) is 6.26. The van der Waals surface area contributed by atoms with Crippen LogP contribution in [0.1, 0.15) is 41.8 Å². The molecular formula is C16H21NO2. The van der Waals surface area contributed by atoms with Crippen LogP contribution < -0.4 is 0 Å². The molecule has 1 heterocycles. The number of benzene rings is 1. The zero-order chi connectivity index (χ0) is 13.6. The average molecular weight is 259 g/mol. The number of aliphatic hydroxyl groups is 1. The third-order valence-electron chi connectivity index (χ3n) is 4.64. The minimum Gasteiger partial charge on any atom is -0.386 e. The molecule has 1 fully saturated rings. The third kappa shape index (κ3) is 2.06. The molecule has 3 nitrogen and oxygen atoms in total. The van der Waals surface area contributed by atoms with Crippen molar-refractivity contribution in [1.82, 2.24) is 4.90 Å². The highest BCUT2D eigenvalue weighted by atomic mass is 16.3. The Kier molecular flexibility index (Phi) is 2.90. The lowest BCUT2D eigenvalue weighted by atomic mass is 9.82. The van der Waals surface area contributed by atoms with Gasteiger partial charge in [0.25, 0.3) is 5.91 Å². The maximum absolute atomic E-state index is 12.4. The minimum absolute atomic E-state index is 0.0556. The van der Waals surface area contributed by atoms with Crippen molar-refractivity contribution in [2.45, 2.75) is 38.7 Å². The Morgan fingerprint density at radius 2 is 1.95 bits per heavy atom. The van der Waals surface area contributed by atoms with E-state index in [-0.39, 0.29) is 11.8 Å². The Balaban J connectivity index is 1.72. The molecule has 19 heavy (non-hydrogen) atoms. The normalized spacial score (nSPS) is 20.3. The van der Waals surface area contributed by atoms with Gasteiger partial charge in [-0.05, 0) is 48.4 Å². The van der Waals surface area contributed by atoms with Crippen LogP contribution in [0.25, 0.3) is 0 Å². The molecule has 0 bridgehead atoms. The summed E-state index contributed by atoms with van der Waals surface area (Å²) in [4.78, 5) is 14.1. The van der Waals surface area contributed by atoms with E-state index in [9.17, 15) is 9.90 Å². The van der Waals surface area contributed by atoms with Gasteiger partial charge < -0.3 is 10.0 Å². The number of carbonyl (C=O) groups excluding carboxylic acids is 1. The summed E-state index contributed by atoms with van der Waals surface area (Å²) in [6.45, 7) is 4.91. The molecule has 1 N–H and O–H groups in total. The van der Waals surface area contributed by atoms with E-state index in [0.29, 0.717) is 13.1 Å². The fourth-order valence-corrected chi connectivity index (χ4v) is 3.01. The Bertz CT molecular complexity index is 515. The molecular weight excluding hydrogens is 238 g/mol. The van der Waals surface area contributed by atoms with Gasteiger partial charge in [0.05, 0.1) is 13.1 Å². The minimum atomic E-state index is -0.688. The van der Waals surface area contributed by atoms with Crippen LogP contribution in [0.2, 0.25) is 0 Å². The number of carbonyl (C=O) groups is 1. The van der Waals surface area contributed by atoms with Gasteiger partial charge in [-0.15, -0.1) is 0 Å². The first-order valence-electron chi connectivity index (χ1n) is 7.13. The van der Waals surface area contributed by atoms with E-state index in [1.807, 2.05) is 26.0 Å². The average Bonchev–Trinajstić information content (AvgIpc) is 2.80. The number of fused-ring (bicyclic) bond motifs is 1. The zero-order valence-electron chi connectivity index (χ0n) is 11.6. The second-order valence-corrected chi connectivity index (χ2v) is 6.26.